The van der Waals surface area contributed by atoms with Gasteiger partial charge in [0, 0.05) is 31.0 Å². The summed E-state index contributed by atoms with van der Waals surface area (Å²) in [6.07, 6.45) is 4.26. The molecule has 0 aliphatic heterocycles. The third kappa shape index (κ3) is 5.85. The molecule has 0 N–H and O–H groups in total. The minimum Gasteiger partial charge on any atom is -0.488 e. The van der Waals surface area contributed by atoms with Crippen LogP contribution in [0.15, 0.2) is 84.0 Å². The van der Waals surface area contributed by atoms with Crippen molar-refractivity contribution in [3.63, 3.8) is 0 Å². The lowest BCUT2D eigenvalue weighted by molar-refractivity contribution is 0.305. The molecule has 0 atom stereocenters. The second kappa shape index (κ2) is 11.4. The summed E-state index contributed by atoms with van der Waals surface area (Å²) in [5.74, 6) is 1.33. The Morgan fingerprint density at radius 1 is 1.03 bits per heavy atom. The SMILES string of the molecule is CCCCc1nc2ccc(Br)cc2c(=O)n1N=Cc1ccccc1OCc1ccc(Br)cc1Br. The lowest BCUT2D eigenvalue weighted by atomic mass is 10.2. The molecule has 0 amide bonds. The first-order valence-electron chi connectivity index (χ1n) is 10.9. The first-order chi connectivity index (χ1) is 16.5. The molecule has 0 unspecified atom stereocenters. The highest BCUT2D eigenvalue weighted by Gasteiger charge is 2.11. The van der Waals surface area contributed by atoms with E-state index < -0.39 is 0 Å². The first kappa shape index (κ1) is 24.8. The Morgan fingerprint density at radius 3 is 2.59 bits per heavy atom. The van der Waals surface area contributed by atoms with Gasteiger partial charge in [0.1, 0.15) is 18.2 Å². The Hall–Kier alpha value is -2.29. The molecule has 8 heteroatoms. The number of benzene rings is 3. The van der Waals surface area contributed by atoms with Crippen LogP contribution in [0.1, 0.15) is 36.7 Å². The maximum Gasteiger partial charge on any atom is 0.282 e. The molecule has 0 saturated heterocycles. The topological polar surface area (TPSA) is 56.5 Å². The van der Waals surface area contributed by atoms with Crippen molar-refractivity contribution in [2.75, 3.05) is 0 Å². The van der Waals surface area contributed by atoms with Crippen LogP contribution in [0, 0.1) is 0 Å². The van der Waals surface area contributed by atoms with E-state index in [0.29, 0.717) is 35.5 Å². The van der Waals surface area contributed by atoms with Crippen molar-refractivity contribution in [1.29, 1.82) is 0 Å². The molecule has 4 rings (SSSR count). The van der Waals surface area contributed by atoms with E-state index in [2.05, 4.69) is 59.8 Å². The molecule has 0 bridgehead atoms. The normalized spacial score (nSPS) is 11.4. The zero-order chi connectivity index (χ0) is 24.1. The number of unbranched alkanes of at least 4 members (excludes halogenated alkanes) is 1. The fourth-order valence-corrected chi connectivity index (χ4v) is 4.97. The van der Waals surface area contributed by atoms with Crippen LogP contribution < -0.4 is 10.3 Å². The van der Waals surface area contributed by atoms with Crippen molar-refractivity contribution in [2.24, 2.45) is 5.10 Å². The van der Waals surface area contributed by atoms with Crippen LogP contribution in [0.5, 0.6) is 5.75 Å². The van der Waals surface area contributed by atoms with Crippen LogP contribution >= 0.6 is 47.8 Å². The molecular weight excluding hydrogens is 626 g/mol. The van der Waals surface area contributed by atoms with Gasteiger partial charge in [0.15, 0.2) is 0 Å². The van der Waals surface area contributed by atoms with E-state index >= 15 is 0 Å². The number of nitrogens with zero attached hydrogens (tertiary/aromatic N) is 3. The van der Waals surface area contributed by atoms with Gasteiger partial charge in [0.2, 0.25) is 0 Å². The number of ether oxygens (including phenoxy) is 1. The molecule has 174 valence electrons. The van der Waals surface area contributed by atoms with E-state index in [1.54, 1.807) is 12.3 Å². The third-order valence-electron chi connectivity index (χ3n) is 5.26. The Kier molecular flexibility index (Phi) is 8.34. The summed E-state index contributed by atoms with van der Waals surface area (Å²) in [5, 5.41) is 5.08. The van der Waals surface area contributed by atoms with Crippen LogP contribution in [0.2, 0.25) is 0 Å². The summed E-state index contributed by atoms with van der Waals surface area (Å²) in [6, 6.07) is 19.1. The molecule has 34 heavy (non-hydrogen) atoms. The number of hydrogen-bond donors (Lipinski definition) is 0. The predicted molar refractivity (Wildman–Crippen MR) is 148 cm³/mol. The molecule has 0 spiro atoms. The summed E-state index contributed by atoms with van der Waals surface area (Å²) in [6.45, 7) is 2.51. The van der Waals surface area contributed by atoms with Gasteiger partial charge >= 0.3 is 0 Å². The lowest BCUT2D eigenvalue weighted by Gasteiger charge is -2.11. The summed E-state index contributed by atoms with van der Waals surface area (Å²) in [4.78, 5) is 18.0. The van der Waals surface area contributed by atoms with Gasteiger partial charge in [-0.25, -0.2) is 4.98 Å². The minimum absolute atomic E-state index is 0.189. The quantitative estimate of drug-likeness (QED) is 0.186. The van der Waals surface area contributed by atoms with Crippen LogP contribution in [-0.4, -0.2) is 15.9 Å². The van der Waals surface area contributed by atoms with Gasteiger partial charge in [0.05, 0.1) is 17.1 Å². The average molecular weight is 648 g/mol. The number of aromatic nitrogens is 2. The molecule has 1 heterocycles. The summed E-state index contributed by atoms with van der Waals surface area (Å²) < 4.78 is 10.3. The molecule has 5 nitrogen and oxygen atoms in total. The van der Waals surface area contributed by atoms with Gasteiger partial charge in [-0.15, -0.1) is 0 Å². The van der Waals surface area contributed by atoms with Gasteiger partial charge in [-0.2, -0.15) is 9.78 Å². The molecule has 1 aromatic heterocycles. The Bertz CT molecular complexity index is 1420. The summed E-state index contributed by atoms with van der Waals surface area (Å²) in [5.41, 5.74) is 2.29. The van der Waals surface area contributed by atoms with Crippen molar-refractivity contribution >= 4 is 64.9 Å². The second-order valence-corrected chi connectivity index (χ2v) is 10.4. The fourth-order valence-electron chi connectivity index (χ4n) is 3.44. The highest BCUT2D eigenvalue weighted by Crippen LogP contribution is 2.25. The monoisotopic (exact) mass is 645 g/mol. The van der Waals surface area contributed by atoms with E-state index in [4.69, 9.17) is 9.72 Å². The van der Waals surface area contributed by atoms with Crippen molar-refractivity contribution in [1.82, 2.24) is 9.66 Å². The Morgan fingerprint density at radius 2 is 1.79 bits per heavy atom. The third-order valence-corrected chi connectivity index (χ3v) is 6.98. The Labute approximate surface area is 223 Å². The van der Waals surface area contributed by atoms with Gasteiger partial charge in [-0.3, -0.25) is 4.79 Å². The van der Waals surface area contributed by atoms with Gasteiger partial charge in [-0.1, -0.05) is 79.3 Å². The van der Waals surface area contributed by atoms with Crippen molar-refractivity contribution in [3.05, 3.63) is 101 Å². The Balaban J connectivity index is 1.67. The average Bonchev–Trinajstić information content (AvgIpc) is 2.83. The number of fused-ring (bicyclic) bond motifs is 1. The molecule has 0 radical (unpaired) electrons. The molecular formula is C26H22Br3N3O2. The van der Waals surface area contributed by atoms with Crippen LogP contribution in [0.3, 0.4) is 0 Å². The lowest BCUT2D eigenvalue weighted by Crippen LogP contribution is -2.22. The molecule has 0 saturated carbocycles. The van der Waals surface area contributed by atoms with Gasteiger partial charge in [0.25, 0.3) is 5.56 Å². The molecule has 3 aromatic carbocycles. The molecule has 0 fully saturated rings. The minimum atomic E-state index is -0.189. The molecule has 0 aliphatic rings. The summed E-state index contributed by atoms with van der Waals surface area (Å²) >= 11 is 10.5. The van der Waals surface area contributed by atoms with E-state index in [-0.39, 0.29) is 5.56 Å². The predicted octanol–water partition coefficient (Wildman–Crippen LogP) is 7.49. The van der Waals surface area contributed by atoms with E-state index in [1.807, 2.05) is 54.6 Å². The summed E-state index contributed by atoms with van der Waals surface area (Å²) in [7, 11) is 0. The standard InChI is InChI=1S/C26H22Br3N3O2/c1-2-3-8-25-31-23-12-11-19(27)13-21(23)26(33)32(25)30-15-17-6-4-5-7-24(17)34-16-18-9-10-20(28)14-22(18)29/h4-7,9-15H,2-3,8,16H2,1H3. The van der Waals surface area contributed by atoms with Crippen molar-refractivity contribution < 1.29 is 4.74 Å². The number of hydrogen-bond acceptors (Lipinski definition) is 4. The van der Waals surface area contributed by atoms with Gasteiger partial charge in [-0.05, 0) is 48.9 Å². The van der Waals surface area contributed by atoms with Crippen LogP contribution in [0.25, 0.3) is 10.9 Å². The number of rotatable bonds is 8. The maximum atomic E-state index is 13.3. The first-order valence-corrected chi connectivity index (χ1v) is 13.3. The van der Waals surface area contributed by atoms with Crippen molar-refractivity contribution in [2.45, 2.75) is 32.8 Å². The van der Waals surface area contributed by atoms with Crippen LogP contribution in [-0.2, 0) is 13.0 Å². The fraction of sp³-hybridized carbons (Fsp3) is 0.192. The molecule has 0 aliphatic carbocycles. The molecule has 4 aromatic rings. The largest absolute Gasteiger partial charge is 0.488 e. The maximum absolute atomic E-state index is 13.3. The van der Waals surface area contributed by atoms with E-state index in [1.165, 1.54) is 4.68 Å². The number of halogens is 3. The zero-order valence-corrected chi connectivity index (χ0v) is 23.2. The highest BCUT2D eigenvalue weighted by atomic mass is 79.9. The van der Waals surface area contributed by atoms with E-state index in [9.17, 15) is 4.79 Å². The van der Waals surface area contributed by atoms with Gasteiger partial charge < -0.3 is 4.74 Å². The van der Waals surface area contributed by atoms with E-state index in [0.717, 1.165) is 37.4 Å². The number of para-hydroxylation sites is 1. The second-order valence-electron chi connectivity index (χ2n) is 7.72. The smallest absolute Gasteiger partial charge is 0.282 e. The van der Waals surface area contributed by atoms with Crippen LogP contribution in [0.4, 0.5) is 0 Å². The highest BCUT2D eigenvalue weighted by molar-refractivity contribution is 9.11. The number of aryl methyl sites for hydroxylation is 1. The van der Waals surface area contributed by atoms with Crippen molar-refractivity contribution in [3.8, 4) is 5.75 Å². The zero-order valence-electron chi connectivity index (χ0n) is 18.5.